The third kappa shape index (κ3) is 5.30. The monoisotopic (exact) mass is 435 g/mol. The smallest absolute Gasteiger partial charge is 0.339 e. The molecular weight excluding hydrogens is 418 g/mol. The molecule has 0 aliphatic rings. The fourth-order valence-corrected chi connectivity index (χ4v) is 2.84. The Bertz CT molecular complexity index is 880. The van der Waals surface area contributed by atoms with Crippen LogP contribution in [0.2, 0.25) is 0 Å². The zero-order valence-corrected chi connectivity index (χ0v) is 16.6. The molecule has 0 aliphatic heterocycles. The van der Waals surface area contributed by atoms with Crippen LogP contribution in [0.1, 0.15) is 26.3 Å². The van der Waals surface area contributed by atoms with E-state index in [4.69, 9.17) is 9.47 Å². The van der Waals surface area contributed by atoms with Crippen molar-refractivity contribution in [3.05, 3.63) is 57.6 Å². The summed E-state index contributed by atoms with van der Waals surface area (Å²) in [5.74, 6) is -1.24. The van der Waals surface area contributed by atoms with Gasteiger partial charge in [0.15, 0.2) is 6.61 Å². The molecule has 1 amide bonds. The van der Waals surface area contributed by atoms with Gasteiger partial charge < -0.3 is 19.5 Å². The Balaban J connectivity index is 2.16. The van der Waals surface area contributed by atoms with Gasteiger partial charge in [0.1, 0.15) is 5.75 Å². The average molecular weight is 436 g/mol. The number of aryl methyl sites for hydroxylation is 1. The first-order valence-corrected chi connectivity index (χ1v) is 8.64. The van der Waals surface area contributed by atoms with Gasteiger partial charge >= 0.3 is 11.9 Å². The first-order valence-electron chi connectivity index (χ1n) is 7.85. The van der Waals surface area contributed by atoms with Crippen LogP contribution in [-0.2, 0) is 14.3 Å². The average Bonchev–Trinajstić information content (AvgIpc) is 2.66. The van der Waals surface area contributed by atoms with Gasteiger partial charge in [-0.2, -0.15) is 0 Å². The van der Waals surface area contributed by atoms with Crippen molar-refractivity contribution in [2.24, 2.45) is 0 Å². The lowest BCUT2D eigenvalue weighted by atomic mass is 10.1. The summed E-state index contributed by atoms with van der Waals surface area (Å²) in [6.07, 6.45) is 0. The van der Waals surface area contributed by atoms with Crippen LogP contribution < -0.4 is 10.1 Å². The molecule has 0 saturated heterocycles. The highest BCUT2D eigenvalue weighted by molar-refractivity contribution is 9.10. The number of carbonyl (C=O) groups excluding carboxylic acids is 3. The highest BCUT2D eigenvalue weighted by atomic mass is 79.9. The van der Waals surface area contributed by atoms with E-state index in [1.165, 1.54) is 32.4 Å². The van der Waals surface area contributed by atoms with E-state index in [0.29, 0.717) is 5.75 Å². The van der Waals surface area contributed by atoms with E-state index >= 15 is 0 Å². The first kappa shape index (κ1) is 20.4. The molecule has 0 aliphatic carbocycles. The maximum atomic E-state index is 12.3. The minimum atomic E-state index is -0.649. The van der Waals surface area contributed by atoms with E-state index in [1.807, 2.05) is 19.1 Å². The molecule has 2 aromatic carbocycles. The van der Waals surface area contributed by atoms with Gasteiger partial charge in [0.05, 0.1) is 35.5 Å². The van der Waals surface area contributed by atoms with Crippen LogP contribution in [-0.4, -0.2) is 38.7 Å². The number of nitrogens with one attached hydrogen (secondary N) is 1. The summed E-state index contributed by atoms with van der Waals surface area (Å²) in [5, 5.41) is 2.56. The molecule has 0 heterocycles. The number of esters is 2. The van der Waals surface area contributed by atoms with Crippen LogP contribution in [0, 0.1) is 6.92 Å². The Morgan fingerprint density at radius 3 is 2.33 bits per heavy atom. The first-order chi connectivity index (χ1) is 12.8. The fourth-order valence-electron chi connectivity index (χ4n) is 2.23. The highest BCUT2D eigenvalue weighted by Gasteiger charge is 2.17. The summed E-state index contributed by atoms with van der Waals surface area (Å²) < 4.78 is 15.6. The summed E-state index contributed by atoms with van der Waals surface area (Å²) in [6, 6.07) is 9.59. The molecule has 2 rings (SSSR count). The second kappa shape index (κ2) is 9.18. The molecule has 0 spiro atoms. The van der Waals surface area contributed by atoms with Crippen molar-refractivity contribution in [1.29, 1.82) is 0 Å². The molecule has 1 N–H and O–H groups in total. The van der Waals surface area contributed by atoms with Crippen molar-refractivity contribution in [1.82, 2.24) is 0 Å². The molecule has 7 nitrogen and oxygen atoms in total. The molecule has 0 saturated carbocycles. The predicted molar refractivity (Wildman–Crippen MR) is 102 cm³/mol. The van der Waals surface area contributed by atoms with Crippen LogP contribution in [0.25, 0.3) is 0 Å². The number of hydrogen-bond donors (Lipinski definition) is 1. The van der Waals surface area contributed by atoms with Gasteiger partial charge in [-0.05, 0) is 58.7 Å². The molecule has 0 unspecified atom stereocenters. The van der Waals surface area contributed by atoms with Crippen molar-refractivity contribution in [2.75, 3.05) is 26.1 Å². The molecule has 0 radical (unpaired) electrons. The van der Waals surface area contributed by atoms with Gasteiger partial charge in [-0.1, -0.05) is 6.07 Å². The van der Waals surface area contributed by atoms with Gasteiger partial charge in [0, 0.05) is 0 Å². The maximum absolute atomic E-state index is 12.3. The van der Waals surface area contributed by atoms with Crippen LogP contribution in [0.5, 0.6) is 5.75 Å². The van der Waals surface area contributed by atoms with Crippen molar-refractivity contribution in [3.8, 4) is 5.75 Å². The van der Waals surface area contributed by atoms with Crippen molar-refractivity contribution in [3.63, 3.8) is 0 Å². The van der Waals surface area contributed by atoms with Crippen molar-refractivity contribution < 1.29 is 28.6 Å². The van der Waals surface area contributed by atoms with E-state index in [-0.39, 0.29) is 23.4 Å². The van der Waals surface area contributed by atoms with Crippen molar-refractivity contribution >= 4 is 39.5 Å². The standard InChI is InChI=1S/C19H18BrNO6/c1-11-4-7-16(14(20)8-11)27-10-17(22)21-15-9-12(18(23)25-2)5-6-13(15)19(24)26-3/h4-9H,10H2,1-3H3,(H,21,22). The Hall–Kier alpha value is -2.87. The molecule has 0 fully saturated rings. The van der Waals surface area contributed by atoms with Crippen LogP contribution >= 0.6 is 15.9 Å². The quantitative estimate of drug-likeness (QED) is 0.699. The maximum Gasteiger partial charge on any atom is 0.339 e. The minimum absolute atomic E-state index is 0.106. The second-order valence-electron chi connectivity index (χ2n) is 5.51. The zero-order valence-electron chi connectivity index (χ0n) is 15.0. The fraction of sp³-hybridized carbons (Fsp3) is 0.211. The molecule has 0 atom stereocenters. The van der Waals surface area contributed by atoms with Gasteiger partial charge in [0.2, 0.25) is 0 Å². The Labute approximate surface area is 164 Å². The number of rotatable bonds is 6. The minimum Gasteiger partial charge on any atom is -0.483 e. The number of ether oxygens (including phenoxy) is 3. The third-order valence-electron chi connectivity index (χ3n) is 3.57. The molecule has 0 bridgehead atoms. The van der Waals surface area contributed by atoms with E-state index in [1.54, 1.807) is 6.07 Å². The number of benzene rings is 2. The van der Waals surface area contributed by atoms with Crippen LogP contribution in [0.15, 0.2) is 40.9 Å². The number of amides is 1. The summed E-state index contributed by atoms with van der Waals surface area (Å²) >= 11 is 3.37. The van der Waals surface area contributed by atoms with E-state index in [0.717, 1.165) is 10.0 Å². The largest absolute Gasteiger partial charge is 0.483 e. The summed E-state index contributed by atoms with van der Waals surface area (Å²) in [7, 11) is 2.46. The van der Waals surface area contributed by atoms with E-state index < -0.39 is 17.8 Å². The van der Waals surface area contributed by atoms with Gasteiger partial charge in [0.25, 0.3) is 5.91 Å². The number of halogens is 1. The van der Waals surface area contributed by atoms with Gasteiger partial charge in [-0.15, -0.1) is 0 Å². The SMILES string of the molecule is COC(=O)c1ccc(C(=O)OC)c(NC(=O)COc2ccc(C)cc2Br)c1. The Morgan fingerprint density at radius 2 is 1.70 bits per heavy atom. The van der Waals surface area contributed by atoms with Crippen LogP contribution in [0.4, 0.5) is 5.69 Å². The van der Waals surface area contributed by atoms with E-state index in [9.17, 15) is 14.4 Å². The normalized spacial score (nSPS) is 10.1. The zero-order chi connectivity index (χ0) is 20.0. The van der Waals surface area contributed by atoms with Gasteiger partial charge in [-0.25, -0.2) is 9.59 Å². The summed E-state index contributed by atoms with van der Waals surface area (Å²) in [5.41, 5.74) is 1.46. The number of methoxy groups -OCH3 is 2. The molecule has 2 aromatic rings. The molecule has 142 valence electrons. The van der Waals surface area contributed by atoms with Gasteiger partial charge in [-0.3, -0.25) is 4.79 Å². The molecule has 27 heavy (non-hydrogen) atoms. The lowest BCUT2D eigenvalue weighted by molar-refractivity contribution is -0.118. The van der Waals surface area contributed by atoms with Crippen molar-refractivity contribution in [2.45, 2.75) is 6.92 Å². The highest BCUT2D eigenvalue weighted by Crippen LogP contribution is 2.26. The molecule has 8 heteroatoms. The number of carbonyl (C=O) groups is 3. The number of hydrogen-bond acceptors (Lipinski definition) is 6. The van der Waals surface area contributed by atoms with Crippen LogP contribution in [0.3, 0.4) is 0 Å². The summed E-state index contributed by atoms with van der Waals surface area (Å²) in [4.78, 5) is 35.9. The topological polar surface area (TPSA) is 90.9 Å². The predicted octanol–water partition coefficient (Wildman–Crippen LogP) is 3.35. The Kier molecular flexibility index (Phi) is 6.95. The summed E-state index contributed by atoms with van der Waals surface area (Å²) in [6.45, 7) is 1.65. The molecule has 0 aromatic heterocycles. The second-order valence-corrected chi connectivity index (χ2v) is 6.37. The molecular formula is C19H18BrNO6. The number of anilines is 1. The lowest BCUT2D eigenvalue weighted by Gasteiger charge is -2.12. The Morgan fingerprint density at radius 1 is 1.00 bits per heavy atom. The third-order valence-corrected chi connectivity index (χ3v) is 4.19. The lowest BCUT2D eigenvalue weighted by Crippen LogP contribution is -2.22. The van der Waals surface area contributed by atoms with E-state index in [2.05, 4.69) is 26.0 Å².